The summed E-state index contributed by atoms with van der Waals surface area (Å²) in [6, 6.07) is 12.6. The third-order valence-corrected chi connectivity index (χ3v) is 4.20. The molecular weight excluding hydrogens is 332 g/mol. The van der Waals surface area contributed by atoms with Crippen LogP contribution in [0.3, 0.4) is 0 Å². The first-order chi connectivity index (χ1) is 12.4. The fourth-order valence-electron chi connectivity index (χ4n) is 2.40. The highest BCUT2D eigenvalue weighted by atomic mass is 16.5. The molecule has 0 fully saturated rings. The number of rotatable bonds is 8. The Morgan fingerprint density at radius 1 is 1.15 bits per heavy atom. The number of benzene rings is 2. The van der Waals surface area contributed by atoms with E-state index in [1.54, 1.807) is 48.5 Å². The van der Waals surface area contributed by atoms with Crippen molar-refractivity contribution < 1.29 is 19.7 Å². The number of aliphatic hydroxyl groups excluding tert-OH is 2. The molecule has 1 amide bonds. The van der Waals surface area contributed by atoms with Gasteiger partial charge in [0, 0.05) is 11.3 Å². The molecule has 0 aliphatic rings. The molecule has 0 bridgehead atoms. The Hall–Kier alpha value is -2.57. The minimum Gasteiger partial charge on any atom is -0.491 e. The molecule has 140 valence electrons. The molecule has 0 saturated heterocycles. The van der Waals surface area contributed by atoms with Crippen molar-refractivity contribution in [2.75, 3.05) is 12.3 Å². The summed E-state index contributed by atoms with van der Waals surface area (Å²) >= 11 is 0. The Morgan fingerprint density at radius 3 is 2.31 bits per heavy atom. The van der Waals surface area contributed by atoms with Crippen LogP contribution in [-0.4, -0.2) is 34.9 Å². The van der Waals surface area contributed by atoms with Gasteiger partial charge in [0.2, 0.25) is 0 Å². The van der Waals surface area contributed by atoms with Gasteiger partial charge in [-0.3, -0.25) is 4.79 Å². The number of ether oxygens (including phenoxy) is 1. The van der Waals surface area contributed by atoms with Crippen LogP contribution in [0.2, 0.25) is 0 Å². The third kappa shape index (κ3) is 5.21. The summed E-state index contributed by atoms with van der Waals surface area (Å²) in [6.45, 7) is 3.62. The lowest BCUT2D eigenvalue weighted by Crippen LogP contribution is -2.41. The zero-order chi connectivity index (χ0) is 19.1. The molecule has 3 unspecified atom stereocenters. The van der Waals surface area contributed by atoms with Crippen molar-refractivity contribution >= 4 is 11.6 Å². The van der Waals surface area contributed by atoms with E-state index in [1.165, 1.54) is 0 Å². The molecule has 5 N–H and O–H groups in total. The molecule has 0 heterocycles. The molecule has 0 aromatic heterocycles. The van der Waals surface area contributed by atoms with Crippen molar-refractivity contribution in [1.82, 2.24) is 5.32 Å². The molecule has 2 aromatic carbocycles. The van der Waals surface area contributed by atoms with Crippen LogP contribution in [0.15, 0.2) is 48.5 Å². The van der Waals surface area contributed by atoms with Gasteiger partial charge in [-0.2, -0.15) is 0 Å². The largest absolute Gasteiger partial charge is 0.491 e. The SMILES string of the molecule is CCC(C)Oc1ccc(C(=O)NC(CO)C(O)c2ccc(N)cc2)cc1. The van der Waals surface area contributed by atoms with Crippen molar-refractivity contribution in [3.05, 3.63) is 59.7 Å². The quantitative estimate of drug-likeness (QED) is 0.542. The number of aliphatic hydroxyl groups is 2. The topological polar surface area (TPSA) is 105 Å². The highest BCUT2D eigenvalue weighted by Gasteiger charge is 2.22. The Balaban J connectivity index is 2.03. The van der Waals surface area contributed by atoms with Crippen LogP contribution in [0, 0.1) is 0 Å². The summed E-state index contributed by atoms with van der Waals surface area (Å²) in [6.07, 6.45) is -0.0512. The number of hydrogen-bond acceptors (Lipinski definition) is 5. The van der Waals surface area contributed by atoms with E-state index < -0.39 is 18.8 Å². The van der Waals surface area contributed by atoms with Crippen molar-refractivity contribution in [3.8, 4) is 5.75 Å². The van der Waals surface area contributed by atoms with E-state index in [2.05, 4.69) is 5.32 Å². The number of carbonyl (C=O) groups excluding carboxylic acids is 1. The van der Waals surface area contributed by atoms with E-state index in [-0.39, 0.29) is 12.0 Å². The van der Waals surface area contributed by atoms with E-state index in [0.29, 0.717) is 22.6 Å². The zero-order valence-corrected chi connectivity index (χ0v) is 15.1. The first kappa shape index (κ1) is 19.8. The molecule has 0 radical (unpaired) electrons. The van der Waals surface area contributed by atoms with Crippen LogP contribution in [0.5, 0.6) is 5.75 Å². The summed E-state index contributed by atoms with van der Waals surface area (Å²) in [7, 11) is 0. The number of amides is 1. The third-order valence-electron chi connectivity index (χ3n) is 4.20. The van der Waals surface area contributed by atoms with Crippen molar-refractivity contribution in [1.29, 1.82) is 0 Å². The second kappa shape index (κ2) is 9.22. The molecular formula is C20H26N2O4. The average molecular weight is 358 g/mol. The summed E-state index contributed by atoms with van der Waals surface area (Å²) in [5.74, 6) is 0.310. The molecule has 0 aliphatic heterocycles. The van der Waals surface area contributed by atoms with Crippen LogP contribution in [0.25, 0.3) is 0 Å². The minimum atomic E-state index is -1.04. The summed E-state index contributed by atoms with van der Waals surface area (Å²) in [5, 5.41) is 22.6. The minimum absolute atomic E-state index is 0.100. The highest BCUT2D eigenvalue weighted by molar-refractivity contribution is 5.94. The molecule has 26 heavy (non-hydrogen) atoms. The number of carbonyl (C=O) groups is 1. The summed E-state index contributed by atoms with van der Waals surface area (Å²) in [5.41, 5.74) is 7.19. The van der Waals surface area contributed by atoms with Gasteiger partial charge in [0.1, 0.15) is 11.9 Å². The maximum atomic E-state index is 12.4. The number of hydrogen-bond donors (Lipinski definition) is 4. The van der Waals surface area contributed by atoms with Gasteiger partial charge in [0.25, 0.3) is 5.91 Å². The number of nitrogens with two attached hydrogens (primary N) is 1. The van der Waals surface area contributed by atoms with Gasteiger partial charge >= 0.3 is 0 Å². The molecule has 0 saturated carbocycles. The van der Waals surface area contributed by atoms with Gasteiger partial charge in [-0.15, -0.1) is 0 Å². The number of anilines is 1. The average Bonchev–Trinajstić information content (AvgIpc) is 2.66. The summed E-state index contributed by atoms with van der Waals surface area (Å²) in [4.78, 5) is 12.4. The predicted molar refractivity (Wildman–Crippen MR) is 101 cm³/mol. The van der Waals surface area contributed by atoms with Crippen molar-refractivity contribution in [3.63, 3.8) is 0 Å². The lowest BCUT2D eigenvalue weighted by atomic mass is 10.0. The van der Waals surface area contributed by atoms with E-state index in [9.17, 15) is 15.0 Å². The van der Waals surface area contributed by atoms with E-state index in [4.69, 9.17) is 10.5 Å². The lowest BCUT2D eigenvalue weighted by molar-refractivity contribution is 0.0703. The summed E-state index contributed by atoms with van der Waals surface area (Å²) < 4.78 is 5.68. The van der Waals surface area contributed by atoms with Gasteiger partial charge in [-0.25, -0.2) is 0 Å². The molecule has 6 nitrogen and oxygen atoms in total. The fraction of sp³-hybridized carbons (Fsp3) is 0.350. The van der Waals surface area contributed by atoms with Crippen LogP contribution in [0.1, 0.15) is 42.3 Å². The Morgan fingerprint density at radius 2 is 1.77 bits per heavy atom. The standard InChI is InChI=1S/C20H26N2O4/c1-3-13(2)26-17-10-6-15(7-11-17)20(25)22-18(12-23)19(24)14-4-8-16(21)9-5-14/h4-11,13,18-19,23-24H,3,12,21H2,1-2H3,(H,22,25). The molecule has 0 aliphatic carbocycles. The Labute approximate surface area is 153 Å². The fourth-order valence-corrected chi connectivity index (χ4v) is 2.40. The highest BCUT2D eigenvalue weighted by Crippen LogP contribution is 2.19. The second-order valence-electron chi connectivity index (χ2n) is 6.24. The maximum Gasteiger partial charge on any atom is 0.251 e. The van der Waals surface area contributed by atoms with Gasteiger partial charge in [0.15, 0.2) is 0 Å². The van der Waals surface area contributed by atoms with E-state index >= 15 is 0 Å². The van der Waals surface area contributed by atoms with Gasteiger partial charge in [-0.1, -0.05) is 19.1 Å². The Kier molecular flexibility index (Phi) is 7.00. The van der Waals surface area contributed by atoms with Gasteiger partial charge in [0.05, 0.1) is 18.8 Å². The van der Waals surface area contributed by atoms with Crippen molar-refractivity contribution in [2.24, 2.45) is 0 Å². The van der Waals surface area contributed by atoms with Gasteiger partial charge < -0.3 is 26.0 Å². The van der Waals surface area contributed by atoms with Crippen LogP contribution >= 0.6 is 0 Å². The second-order valence-corrected chi connectivity index (χ2v) is 6.24. The maximum absolute atomic E-state index is 12.4. The molecule has 0 spiro atoms. The van der Waals surface area contributed by atoms with Crippen LogP contribution < -0.4 is 15.8 Å². The predicted octanol–water partition coefficient (Wildman–Crippen LogP) is 2.27. The number of nitrogens with one attached hydrogen (secondary N) is 1. The molecule has 2 aromatic rings. The lowest BCUT2D eigenvalue weighted by Gasteiger charge is -2.23. The first-order valence-electron chi connectivity index (χ1n) is 8.66. The van der Waals surface area contributed by atoms with Crippen LogP contribution in [-0.2, 0) is 0 Å². The molecule has 3 atom stereocenters. The zero-order valence-electron chi connectivity index (χ0n) is 15.1. The van der Waals surface area contributed by atoms with E-state index in [0.717, 1.165) is 6.42 Å². The van der Waals surface area contributed by atoms with Gasteiger partial charge in [-0.05, 0) is 55.3 Å². The Bertz CT molecular complexity index is 701. The van der Waals surface area contributed by atoms with Crippen molar-refractivity contribution in [2.45, 2.75) is 38.5 Å². The number of nitrogen functional groups attached to an aromatic ring is 1. The molecule has 2 rings (SSSR count). The normalized spacial score (nSPS) is 14.3. The van der Waals surface area contributed by atoms with E-state index in [1.807, 2.05) is 13.8 Å². The molecule has 6 heteroatoms. The van der Waals surface area contributed by atoms with Crippen LogP contribution in [0.4, 0.5) is 5.69 Å². The first-order valence-corrected chi connectivity index (χ1v) is 8.66. The smallest absolute Gasteiger partial charge is 0.251 e. The monoisotopic (exact) mass is 358 g/mol.